The summed E-state index contributed by atoms with van der Waals surface area (Å²) in [6.07, 6.45) is 3.72. The molecule has 3 heteroatoms. The Balaban J connectivity index is 2.37. The fourth-order valence-corrected chi connectivity index (χ4v) is 1.86. The molecule has 0 aromatic heterocycles. The van der Waals surface area contributed by atoms with Gasteiger partial charge < -0.3 is 5.11 Å². The predicted molar refractivity (Wildman–Crippen MR) is 51.7 cm³/mol. The molecule has 0 bridgehead atoms. The maximum atomic E-state index is 10.7. The number of nitrogens with zero attached hydrogens (tertiary/aromatic N) is 1. The topological polar surface area (TPSA) is 40.5 Å². The zero-order valence-electron chi connectivity index (χ0n) is 8.49. The van der Waals surface area contributed by atoms with Crippen molar-refractivity contribution in [3.05, 3.63) is 0 Å². The van der Waals surface area contributed by atoms with Crippen LogP contribution in [-0.4, -0.2) is 35.1 Å². The molecular weight excluding hydrogens is 166 g/mol. The summed E-state index contributed by atoms with van der Waals surface area (Å²) >= 11 is 0. The summed E-state index contributed by atoms with van der Waals surface area (Å²) in [6, 6.07) is 0.565. The van der Waals surface area contributed by atoms with Crippen LogP contribution in [0.4, 0.5) is 0 Å². The summed E-state index contributed by atoms with van der Waals surface area (Å²) in [5.41, 5.74) is 0. The van der Waals surface area contributed by atoms with Crippen LogP contribution >= 0.6 is 0 Å². The minimum absolute atomic E-state index is 0.236. The standard InChI is InChI=1S/C10H19NO2/c1-8(10(12)13)7-11-6-4-3-5-9(11)2/h8-9H,3-7H2,1-2H3,(H,12,13)/t8-,9+/m1/s1. The van der Waals surface area contributed by atoms with Crippen molar-refractivity contribution < 1.29 is 9.90 Å². The van der Waals surface area contributed by atoms with Gasteiger partial charge in [0.2, 0.25) is 0 Å². The van der Waals surface area contributed by atoms with Gasteiger partial charge in [0.25, 0.3) is 0 Å². The summed E-state index contributed by atoms with van der Waals surface area (Å²) in [5, 5.41) is 8.77. The molecule has 13 heavy (non-hydrogen) atoms. The van der Waals surface area contributed by atoms with Crippen LogP contribution < -0.4 is 0 Å². The molecule has 1 saturated heterocycles. The van der Waals surface area contributed by atoms with E-state index in [-0.39, 0.29) is 5.92 Å². The monoisotopic (exact) mass is 185 g/mol. The average Bonchev–Trinajstić information content (AvgIpc) is 2.08. The minimum Gasteiger partial charge on any atom is -0.481 e. The van der Waals surface area contributed by atoms with Crippen LogP contribution in [0.2, 0.25) is 0 Å². The van der Waals surface area contributed by atoms with Gasteiger partial charge in [0, 0.05) is 12.6 Å². The van der Waals surface area contributed by atoms with Crippen LogP contribution in [0.3, 0.4) is 0 Å². The van der Waals surface area contributed by atoms with Crippen molar-refractivity contribution in [1.82, 2.24) is 4.90 Å². The van der Waals surface area contributed by atoms with Crippen molar-refractivity contribution in [1.29, 1.82) is 0 Å². The van der Waals surface area contributed by atoms with E-state index in [9.17, 15) is 4.79 Å². The Morgan fingerprint density at radius 3 is 2.85 bits per heavy atom. The quantitative estimate of drug-likeness (QED) is 0.725. The van der Waals surface area contributed by atoms with E-state index in [0.29, 0.717) is 12.6 Å². The maximum absolute atomic E-state index is 10.7. The van der Waals surface area contributed by atoms with Crippen LogP contribution in [0.25, 0.3) is 0 Å². The molecule has 0 saturated carbocycles. The minimum atomic E-state index is -0.683. The molecule has 0 radical (unpaired) electrons. The van der Waals surface area contributed by atoms with E-state index in [1.54, 1.807) is 6.92 Å². The third kappa shape index (κ3) is 2.99. The lowest BCUT2D eigenvalue weighted by Crippen LogP contribution is -2.41. The molecule has 1 rings (SSSR count). The Labute approximate surface area is 79.7 Å². The molecule has 0 spiro atoms. The Morgan fingerprint density at radius 1 is 1.62 bits per heavy atom. The first-order chi connectivity index (χ1) is 6.11. The normalized spacial score (nSPS) is 27.1. The number of carbonyl (C=O) groups is 1. The number of carboxylic acid groups (broad SMARTS) is 1. The Hall–Kier alpha value is -0.570. The fourth-order valence-electron chi connectivity index (χ4n) is 1.86. The fraction of sp³-hybridized carbons (Fsp3) is 0.900. The van der Waals surface area contributed by atoms with Crippen molar-refractivity contribution in [3.63, 3.8) is 0 Å². The molecule has 1 aliphatic rings. The summed E-state index contributed by atoms with van der Waals surface area (Å²) in [6.45, 7) is 5.74. The largest absolute Gasteiger partial charge is 0.481 e. The van der Waals surface area contributed by atoms with Gasteiger partial charge in [-0.2, -0.15) is 0 Å². The second kappa shape index (κ2) is 4.61. The van der Waals surface area contributed by atoms with Crippen molar-refractivity contribution in [2.75, 3.05) is 13.1 Å². The predicted octanol–water partition coefficient (Wildman–Crippen LogP) is 1.58. The highest BCUT2D eigenvalue weighted by atomic mass is 16.4. The summed E-state index contributed by atoms with van der Waals surface area (Å²) < 4.78 is 0. The Bertz CT molecular complexity index is 182. The van der Waals surface area contributed by atoms with Gasteiger partial charge in [-0.1, -0.05) is 13.3 Å². The van der Waals surface area contributed by atoms with Gasteiger partial charge in [0.05, 0.1) is 5.92 Å². The Morgan fingerprint density at radius 2 is 2.31 bits per heavy atom. The van der Waals surface area contributed by atoms with E-state index in [2.05, 4.69) is 11.8 Å². The molecule has 76 valence electrons. The first kappa shape index (κ1) is 10.5. The number of carboxylic acids is 1. The van der Waals surface area contributed by atoms with Gasteiger partial charge in [-0.15, -0.1) is 0 Å². The van der Waals surface area contributed by atoms with Crippen LogP contribution in [0.5, 0.6) is 0 Å². The van der Waals surface area contributed by atoms with Gasteiger partial charge in [0.1, 0.15) is 0 Å². The van der Waals surface area contributed by atoms with Gasteiger partial charge in [-0.25, -0.2) is 0 Å². The molecule has 0 aliphatic carbocycles. The lowest BCUT2D eigenvalue weighted by Gasteiger charge is -2.34. The molecule has 2 atom stereocenters. The van der Waals surface area contributed by atoms with Gasteiger partial charge in [-0.3, -0.25) is 9.69 Å². The smallest absolute Gasteiger partial charge is 0.307 e. The summed E-state index contributed by atoms with van der Waals surface area (Å²) in [7, 11) is 0. The first-order valence-corrected chi connectivity index (χ1v) is 5.08. The third-order valence-electron chi connectivity index (χ3n) is 2.87. The van der Waals surface area contributed by atoms with Crippen LogP contribution in [0, 0.1) is 5.92 Å². The van der Waals surface area contributed by atoms with Crippen LogP contribution in [-0.2, 0) is 4.79 Å². The number of likely N-dealkylation sites (tertiary alicyclic amines) is 1. The molecule has 1 aliphatic heterocycles. The summed E-state index contributed by atoms with van der Waals surface area (Å²) in [5.74, 6) is -0.918. The number of aliphatic carboxylic acids is 1. The molecule has 3 nitrogen and oxygen atoms in total. The van der Waals surface area contributed by atoms with Crippen LogP contribution in [0.15, 0.2) is 0 Å². The van der Waals surface area contributed by atoms with Crippen molar-refractivity contribution in [2.45, 2.75) is 39.2 Å². The molecule has 0 aromatic rings. The second-order valence-corrected chi connectivity index (χ2v) is 4.08. The molecule has 1 fully saturated rings. The lowest BCUT2D eigenvalue weighted by molar-refractivity contribution is -0.142. The van der Waals surface area contributed by atoms with Gasteiger partial charge in [-0.05, 0) is 26.3 Å². The Kier molecular flexibility index (Phi) is 3.72. The molecule has 0 unspecified atom stereocenters. The van der Waals surface area contributed by atoms with Crippen molar-refractivity contribution in [3.8, 4) is 0 Å². The maximum Gasteiger partial charge on any atom is 0.307 e. The molecule has 1 heterocycles. The van der Waals surface area contributed by atoms with Crippen molar-refractivity contribution >= 4 is 5.97 Å². The van der Waals surface area contributed by atoms with E-state index in [1.165, 1.54) is 19.3 Å². The van der Waals surface area contributed by atoms with Crippen LogP contribution in [0.1, 0.15) is 33.1 Å². The average molecular weight is 185 g/mol. The number of piperidine rings is 1. The molecular formula is C10H19NO2. The van der Waals surface area contributed by atoms with E-state index in [1.807, 2.05) is 0 Å². The highest BCUT2D eigenvalue weighted by Gasteiger charge is 2.22. The van der Waals surface area contributed by atoms with E-state index in [0.717, 1.165) is 6.54 Å². The third-order valence-corrected chi connectivity index (χ3v) is 2.87. The van der Waals surface area contributed by atoms with Gasteiger partial charge in [0.15, 0.2) is 0 Å². The van der Waals surface area contributed by atoms with E-state index < -0.39 is 5.97 Å². The molecule has 0 aromatic carbocycles. The van der Waals surface area contributed by atoms with Crippen molar-refractivity contribution in [2.24, 2.45) is 5.92 Å². The van der Waals surface area contributed by atoms with E-state index in [4.69, 9.17) is 5.11 Å². The number of rotatable bonds is 3. The first-order valence-electron chi connectivity index (χ1n) is 5.08. The zero-order valence-corrected chi connectivity index (χ0v) is 8.49. The lowest BCUT2D eigenvalue weighted by atomic mass is 10.0. The zero-order chi connectivity index (χ0) is 9.84. The molecule has 1 N–H and O–H groups in total. The second-order valence-electron chi connectivity index (χ2n) is 4.08. The summed E-state index contributed by atoms with van der Waals surface area (Å²) in [4.78, 5) is 12.9. The highest BCUT2D eigenvalue weighted by Crippen LogP contribution is 2.17. The SMILES string of the molecule is C[C@H](CN1CCCC[C@@H]1C)C(=O)O. The molecule has 0 amide bonds. The number of hydrogen-bond donors (Lipinski definition) is 1. The number of hydrogen-bond acceptors (Lipinski definition) is 2. The van der Waals surface area contributed by atoms with E-state index >= 15 is 0 Å². The van der Waals surface area contributed by atoms with Gasteiger partial charge >= 0.3 is 5.97 Å². The highest BCUT2D eigenvalue weighted by molar-refractivity contribution is 5.69.